The number of furan rings is 1. The van der Waals surface area contributed by atoms with E-state index < -0.39 is 0 Å². The fraction of sp³-hybridized carbons (Fsp3) is 0. The SMILES string of the molecule is O=C1/C(=C/c2ccc(I)o2)SC(=S)N1c1ccc(Cl)c(Cl)c1. The van der Waals surface area contributed by atoms with Crippen LogP contribution in [0.15, 0.2) is 39.7 Å². The summed E-state index contributed by atoms with van der Waals surface area (Å²) in [5.41, 5.74) is 0.592. The maximum absolute atomic E-state index is 12.6. The molecule has 0 unspecified atom stereocenters. The van der Waals surface area contributed by atoms with Gasteiger partial charge in [0.15, 0.2) is 8.09 Å². The van der Waals surface area contributed by atoms with Crippen molar-refractivity contribution in [3.63, 3.8) is 0 Å². The topological polar surface area (TPSA) is 33.5 Å². The lowest BCUT2D eigenvalue weighted by molar-refractivity contribution is -0.113. The van der Waals surface area contributed by atoms with E-state index in [0.29, 0.717) is 30.7 Å². The molecule has 1 fully saturated rings. The van der Waals surface area contributed by atoms with Gasteiger partial charge in [0.2, 0.25) is 0 Å². The fourth-order valence-corrected chi connectivity index (χ4v) is 3.85. The number of anilines is 1. The molecule has 1 aliphatic heterocycles. The number of carbonyl (C=O) groups is 1. The summed E-state index contributed by atoms with van der Waals surface area (Å²) in [5, 5.41) is 0.800. The molecule has 0 radical (unpaired) electrons. The van der Waals surface area contributed by atoms with Crippen molar-refractivity contribution in [2.75, 3.05) is 4.90 Å². The highest BCUT2D eigenvalue weighted by atomic mass is 127. The van der Waals surface area contributed by atoms with Crippen LogP contribution in [-0.2, 0) is 4.79 Å². The maximum Gasteiger partial charge on any atom is 0.270 e. The number of thiocarbonyl (C=S) groups is 1. The minimum absolute atomic E-state index is 0.209. The maximum atomic E-state index is 12.6. The first kappa shape index (κ1) is 16.3. The molecule has 0 bridgehead atoms. The number of benzene rings is 1. The van der Waals surface area contributed by atoms with Gasteiger partial charge in [0.1, 0.15) is 5.76 Å². The van der Waals surface area contributed by atoms with E-state index in [1.165, 1.54) is 16.7 Å². The van der Waals surface area contributed by atoms with Gasteiger partial charge >= 0.3 is 0 Å². The average molecular weight is 482 g/mol. The van der Waals surface area contributed by atoms with Crippen LogP contribution in [-0.4, -0.2) is 10.2 Å². The number of amides is 1. The Morgan fingerprint density at radius 3 is 2.64 bits per heavy atom. The Balaban J connectivity index is 1.94. The van der Waals surface area contributed by atoms with E-state index in [0.717, 1.165) is 3.77 Å². The predicted molar refractivity (Wildman–Crippen MR) is 104 cm³/mol. The lowest BCUT2D eigenvalue weighted by Gasteiger charge is -2.15. The quantitative estimate of drug-likeness (QED) is 0.317. The van der Waals surface area contributed by atoms with E-state index in [-0.39, 0.29) is 5.91 Å². The van der Waals surface area contributed by atoms with Crippen LogP contribution in [0.4, 0.5) is 5.69 Å². The second kappa shape index (κ2) is 6.52. The molecule has 1 aromatic heterocycles. The summed E-state index contributed by atoms with van der Waals surface area (Å²) < 4.78 is 6.64. The molecule has 0 aliphatic carbocycles. The third-order valence-corrected chi connectivity index (χ3v) is 5.44. The van der Waals surface area contributed by atoms with E-state index in [2.05, 4.69) is 22.6 Å². The third-order valence-electron chi connectivity index (χ3n) is 2.82. The van der Waals surface area contributed by atoms with Crippen molar-refractivity contribution < 1.29 is 9.21 Å². The Bertz CT molecular complexity index is 819. The van der Waals surface area contributed by atoms with Crippen molar-refractivity contribution in [2.24, 2.45) is 0 Å². The molecular formula is C14H6Cl2INO2S2. The standard InChI is InChI=1S/C14H6Cl2INO2S2/c15-9-3-1-7(5-10(9)16)18-13(19)11(22-14(18)21)6-8-2-4-12(17)20-8/h1-6H/b11-6-. The number of carbonyl (C=O) groups excluding carboxylic acids is 1. The van der Waals surface area contributed by atoms with Gasteiger partial charge in [-0.2, -0.15) is 0 Å². The lowest BCUT2D eigenvalue weighted by atomic mass is 10.3. The smallest absolute Gasteiger partial charge is 0.270 e. The zero-order valence-electron chi connectivity index (χ0n) is 10.7. The second-order valence-electron chi connectivity index (χ2n) is 4.26. The number of hydrogen-bond acceptors (Lipinski definition) is 4. The molecule has 0 saturated carbocycles. The van der Waals surface area contributed by atoms with Crippen molar-refractivity contribution in [1.29, 1.82) is 0 Å². The number of thioether (sulfide) groups is 1. The van der Waals surface area contributed by atoms with Gasteiger partial charge in [0.05, 0.1) is 20.6 Å². The van der Waals surface area contributed by atoms with Gasteiger partial charge in [-0.25, -0.2) is 0 Å². The van der Waals surface area contributed by atoms with Crippen LogP contribution in [0.3, 0.4) is 0 Å². The van der Waals surface area contributed by atoms with Crippen LogP contribution in [0.1, 0.15) is 5.76 Å². The van der Waals surface area contributed by atoms with Gasteiger partial charge in [-0.1, -0.05) is 47.2 Å². The van der Waals surface area contributed by atoms with Crippen LogP contribution < -0.4 is 4.90 Å². The van der Waals surface area contributed by atoms with Gasteiger partial charge in [-0.15, -0.1) is 0 Å². The molecule has 1 aliphatic rings. The van der Waals surface area contributed by atoms with Crippen LogP contribution >= 0.6 is 69.8 Å². The molecule has 3 rings (SSSR count). The van der Waals surface area contributed by atoms with E-state index in [1.807, 2.05) is 6.07 Å². The highest BCUT2D eigenvalue weighted by Crippen LogP contribution is 2.38. The molecule has 0 spiro atoms. The van der Waals surface area contributed by atoms with Crippen LogP contribution in [0.2, 0.25) is 10.0 Å². The van der Waals surface area contributed by atoms with Crippen LogP contribution in [0, 0.1) is 3.77 Å². The molecule has 0 atom stereocenters. The summed E-state index contributed by atoms with van der Waals surface area (Å²) >= 11 is 20.5. The van der Waals surface area contributed by atoms with Crippen molar-refractivity contribution in [3.8, 4) is 0 Å². The zero-order chi connectivity index (χ0) is 15.9. The molecule has 8 heteroatoms. The van der Waals surface area contributed by atoms with E-state index in [1.54, 1.807) is 30.3 Å². The minimum Gasteiger partial charge on any atom is -0.451 e. The lowest BCUT2D eigenvalue weighted by Crippen LogP contribution is -2.27. The molecule has 0 N–H and O–H groups in total. The van der Waals surface area contributed by atoms with Gasteiger partial charge in [0.25, 0.3) is 5.91 Å². The highest BCUT2D eigenvalue weighted by Gasteiger charge is 2.33. The Labute approximate surface area is 159 Å². The Kier molecular flexibility index (Phi) is 4.84. The first-order valence-corrected chi connectivity index (χ1v) is 9.00. The van der Waals surface area contributed by atoms with Crippen LogP contribution in [0.5, 0.6) is 0 Å². The third kappa shape index (κ3) is 3.21. The zero-order valence-corrected chi connectivity index (χ0v) is 16.0. The molecule has 1 saturated heterocycles. The highest BCUT2D eigenvalue weighted by molar-refractivity contribution is 14.1. The molecule has 2 heterocycles. The molecule has 1 amide bonds. The Hall–Kier alpha value is -0.540. The summed E-state index contributed by atoms with van der Waals surface area (Å²) in [6.07, 6.45) is 1.68. The van der Waals surface area contributed by atoms with Crippen LogP contribution in [0.25, 0.3) is 6.08 Å². The van der Waals surface area contributed by atoms with Crippen molar-refractivity contribution >= 4 is 91.8 Å². The molecule has 2 aromatic rings. The number of halogens is 3. The molecule has 3 nitrogen and oxygen atoms in total. The van der Waals surface area contributed by atoms with Crippen molar-refractivity contribution in [2.45, 2.75) is 0 Å². The summed E-state index contributed by atoms with van der Waals surface area (Å²) in [6.45, 7) is 0. The first-order valence-electron chi connectivity index (χ1n) is 5.94. The van der Waals surface area contributed by atoms with E-state index in [4.69, 9.17) is 39.8 Å². The monoisotopic (exact) mass is 481 g/mol. The Morgan fingerprint density at radius 2 is 2.00 bits per heavy atom. The van der Waals surface area contributed by atoms with E-state index in [9.17, 15) is 4.79 Å². The number of nitrogens with zero attached hydrogens (tertiary/aromatic N) is 1. The summed E-state index contributed by atoms with van der Waals surface area (Å²) in [4.78, 5) is 14.5. The Morgan fingerprint density at radius 1 is 1.23 bits per heavy atom. The van der Waals surface area contributed by atoms with Gasteiger partial charge in [-0.05, 0) is 52.9 Å². The minimum atomic E-state index is -0.209. The average Bonchev–Trinajstić information content (AvgIpc) is 2.98. The second-order valence-corrected chi connectivity index (χ2v) is 7.81. The summed E-state index contributed by atoms with van der Waals surface area (Å²) in [7, 11) is 0. The summed E-state index contributed by atoms with van der Waals surface area (Å²) in [6, 6.07) is 8.58. The molecule has 112 valence electrons. The largest absolute Gasteiger partial charge is 0.451 e. The first-order chi connectivity index (χ1) is 10.5. The van der Waals surface area contributed by atoms with Gasteiger partial charge in [-0.3, -0.25) is 9.69 Å². The molecular weight excluding hydrogens is 476 g/mol. The fourth-order valence-electron chi connectivity index (χ4n) is 1.85. The number of hydrogen-bond donors (Lipinski definition) is 0. The molecule has 22 heavy (non-hydrogen) atoms. The summed E-state index contributed by atoms with van der Waals surface area (Å²) in [5.74, 6) is 0.402. The normalized spacial score (nSPS) is 16.9. The predicted octanol–water partition coefficient (Wildman–Crippen LogP) is 5.60. The van der Waals surface area contributed by atoms with Gasteiger partial charge < -0.3 is 4.42 Å². The van der Waals surface area contributed by atoms with Crippen molar-refractivity contribution in [3.05, 3.63) is 54.8 Å². The number of rotatable bonds is 2. The van der Waals surface area contributed by atoms with Crippen molar-refractivity contribution in [1.82, 2.24) is 0 Å². The molecule has 1 aromatic carbocycles. The van der Waals surface area contributed by atoms with E-state index >= 15 is 0 Å². The van der Waals surface area contributed by atoms with Gasteiger partial charge in [0, 0.05) is 6.08 Å².